The van der Waals surface area contributed by atoms with E-state index in [4.69, 9.17) is 4.74 Å². The average molecular weight is 316 g/mol. The number of aromatic nitrogens is 1. The largest absolute Gasteiger partial charge is 0.466 e. The number of carbonyl (C=O) groups excluding carboxylic acids is 1. The first-order valence-corrected chi connectivity index (χ1v) is 8.09. The first-order chi connectivity index (χ1) is 11.2. The van der Waals surface area contributed by atoms with Gasteiger partial charge in [-0.1, -0.05) is 6.07 Å². The SMILES string of the molecule is CCOC(=O)C1CCN(Cc2cc(F)cc3cccnc23)CC1. The molecule has 1 aromatic carbocycles. The predicted molar refractivity (Wildman–Crippen MR) is 86.3 cm³/mol. The van der Waals surface area contributed by atoms with Crippen molar-refractivity contribution < 1.29 is 13.9 Å². The summed E-state index contributed by atoms with van der Waals surface area (Å²) in [6.07, 6.45) is 3.32. The van der Waals surface area contributed by atoms with Crippen LogP contribution in [0.15, 0.2) is 30.5 Å². The van der Waals surface area contributed by atoms with Gasteiger partial charge < -0.3 is 4.74 Å². The Kier molecular flexibility index (Phi) is 4.86. The maximum Gasteiger partial charge on any atom is 0.309 e. The van der Waals surface area contributed by atoms with Crippen LogP contribution in [-0.4, -0.2) is 35.5 Å². The van der Waals surface area contributed by atoms with Crippen LogP contribution in [0.5, 0.6) is 0 Å². The lowest BCUT2D eigenvalue weighted by molar-refractivity contribution is -0.149. The quantitative estimate of drug-likeness (QED) is 0.813. The van der Waals surface area contributed by atoms with E-state index in [-0.39, 0.29) is 17.7 Å². The molecular formula is C18H21FN2O2. The number of likely N-dealkylation sites (tertiary alicyclic amines) is 1. The monoisotopic (exact) mass is 316 g/mol. The van der Waals surface area contributed by atoms with Gasteiger partial charge in [-0.3, -0.25) is 14.7 Å². The molecule has 3 rings (SSSR count). The van der Waals surface area contributed by atoms with Gasteiger partial charge in [-0.15, -0.1) is 0 Å². The molecule has 2 heterocycles. The van der Waals surface area contributed by atoms with E-state index >= 15 is 0 Å². The van der Waals surface area contributed by atoms with Gasteiger partial charge in [0.15, 0.2) is 0 Å². The summed E-state index contributed by atoms with van der Waals surface area (Å²) in [5, 5.41) is 0.823. The van der Waals surface area contributed by atoms with Gasteiger partial charge in [-0.2, -0.15) is 0 Å². The smallest absolute Gasteiger partial charge is 0.309 e. The Hall–Kier alpha value is -2.01. The zero-order chi connectivity index (χ0) is 16.2. The number of ether oxygens (including phenoxy) is 1. The standard InChI is InChI=1S/C18H21FN2O2/c1-2-23-18(22)13-5-8-21(9-6-13)12-15-11-16(19)10-14-4-3-7-20-17(14)15/h3-4,7,10-11,13H,2,5-6,8-9,12H2,1H3. The Balaban J connectivity index is 1.68. The van der Waals surface area contributed by atoms with E-state index in [0.717, 1.165) is 42.4 Å². The van der Waals surface area contributed by atoms with Gasteiger partial charge in [-0.05, 0) is 56.6 Å². The molecule has 4 nitrogen and oxygen atoms in total. The second kappa shape index (κ2) is 7.04. The van der Waals surface area contributed by atoms with Crippen molar-refractivity contribution in [3.63, 3.8) is 0 Å². The van der Waals surface area contributed by atoms with E-state index in [9.17, 15) is 9.18 Å². The second-order valence-electron chi connectivity index (χ2n) is 5.94. The third kappa shape index (κ3) is 3.67. The number of hydrogen-bond donors (Lipinski definition) is 0. The lowest BCUT2D eigenvalue weighted by Gasteiger charge is -2.31. The Morgan fingerprint density at radius 1 is 1.39 bits per heavy atom. The Bertz CT molecular complexity index is 696. The van der Waals surface area contributed by atoms with Gasteiger partial charge in [0.05, 0.1) is 18.0 Å². The van der Waals surface area contributed by atoms with E-state index < -0.39 is 0 Å². The highest BCUT2D eigenvalue weighted by Crippen LogP contribution is 2.24. The third-order valence-corrected chi connectivity index (χ3v) is 4.35. The van der Waals surface area contributed by atoms with Gasteiger partial charge in [0.1, 0.15) is 5.82 Å². The van der Waals surface area contributed by atoms with Crippen molar-refractivity contribution in [3.8, 4) is 0 Å². The normalized spacial score (nSPS) is 16.6. The maximum absolute atomic E-state index is 13.8. The lowest BCUT2D eigenvalue weighted by atomic mass is 9.96. The van der Waals surface area contributed by atoms with Crippen LogP contribution in [0.4, 0.5) is 4.39 Å². The molecule has 1 aromatic heterocycles. The minimum Gasteiger partial charge on any atom is -0.466 e. The summed E-state index contributed by atoms with van der Waals surface area (Å²) >= 11 is 0. The number of fused-ring (bicyclic) bond motifs is 1. The second-order valence-corrected chi connectivity index (χ2v) is 5.94. The molecule has 122 valence electrons. The molecule has 0 spiro atoms. The van der Waals surface area contributed by atoms with Crippen molar-refractivity contribution in [2.75, 3.05) is 19.7 Å². The number of piperidine rings is 1. The van der Waals surface area contributed by atoms with Crippen LogP contribution in [0.3, 0.4) is 0 Å². The minimum absolute atomic E-state index is 0.00595. The van der Waals surface area contributed by atoms with E-state index in [2.05, 4.69) is 9.88 Å². The molecule has 1 fully saturated rings. The maximum atomic E-state index is 13.8. The molecule has 23 heavy (non-hydrogen) atoms. The van der Waals surface area contributed by atoms with Crippen LogP contribution in [0.1, 0.15) is 25.3 Å². The molecule has 0 unspecified atom stereocenters. The fourth-order valence-electron chi connectivity index (χ4n) is 3.18. The van der Waals surface area contributed by atoms with Crippen LogP contribution in [-0.2, 0) is 16.1 Å². The first kappa shape index (κ1) is 15.9. The summed E-state index contributed by atoms with van der Waals surface area (Å²) in [4.78, 5) is 18.4. The van der Waals surface area contributed by atoms with Crippen LogP contribution < -0.4 is 0 Å². The summed E-state index contributed by atoms with van der Waals surface area (Å²) in [5.41, 5.74) is 1.75. The number of pyridine rings is 1. The third-order valence-electron chi connectivity index (χ3n) is 4.35. The number of nitrogens with zero attached hydrogens (tertiary/aromatic N) is 2. The van der Waals surface area contributed by atoms with E-state index in [1.807, 2.05) is 19.1 Å². The highest BCUT2D eigenvalue weighted by Gasteiger charge is 2.26. The van der Waals surface area contributed by atoms with Gasteiger partial charge in [-0.25, -0.2) is 4.39 Å². The molecule has 5 heteroatoms. The van der Waals surface area contributed by atoms with Gasteiger partial charge >= 0.3 is 5.97 Å². The molecule has 0 bridgehead atoms. The lowest BCUT2D eigenvalue weighted by Crippen LogP contribution is -2.36. The molecule has 0 amide bonds. The number of rotatable bonds is 4. The Labute approximate surface area is 135 Å². The molecule has 1 aliphatic rings. The molecule has 0 saturated carbocycles. The molecule has 1 saturated heterocycles. The molecule has 0 radical (unpaired) electrons. The summed E-state index contributed by atoms with van der Waals surface area (Å²) in [6, 6.07) is 6.77. The number of esters is 1. The molecule has 0 N–H and O–H groups in total. The number of carbonyl (C=O) groups is 1. The first-order valence-electron chi connectivity index (χ1n) is 8.09. The van der Waals surface area contributed by atoms with Crippen molar-refractivity contribution in [2.45, 2.75) is 26.3 Å². The van der Waals surface area contributed by atoms with Crippen molar-refractivity contribution in [1.82, 2.24) is 9.88 Å². The van der Waals surface area contributed by atoms with Gasteiger partial charge in [0, 0.05) is 18.1 Å². The molecule has 2 aromatic rings. The summed E-state index contributed by atoms with van der Waals surface area (Å²) in [5.74, 6) is -0.333. The Morgan fingerprint density at radius 3 is 2.91 bits per heavy atom. The van der Waals surface area contributed by atoms with Crippen molar-refractivity contribution in [1.29, 1.82) is 0 Å². The number of hydrogen-bond acceptors (Lipinski definition) is 4. The molecular weight excluding hydrogens is 295 g/mol. The van der Waals surface area contributed by atoms with Gasteiger partial charge in [0.2, 0.25) is 0 Å². The minimum atomic E-state index is -0.234. The van der Waals surface area contributed by atoms with Crippen molar-refractivity contribution in [3.05, 3.63) is 41.8 Å². The topological polar surface area (TPSA) is 42.4 Å². The summed E-state index contributed by atoms with van der Waals surface area (Å²) in [7, 11) is 0. The fourth-order valence-corrected chi connectivity index (χ4v) is 3.18. The van der Waals surface area contributed by atoms with Crippen molar-refractivity contribution in [2.24, 2.45) is 5.92 Å². The van der Waals surface area contributed by atoms with E-state index in [1.54, 1.807) is 12.3 Å². The highest BCUT2D eigenvalue weighted by atomic mass is 19.1. The number of benzene rings is 1. The van der Waals surface area contributed by atoms with Crippen molar-refractivity contribution >= 4 is 16.9 Å². The predicted octanol–water partition coefficient (Wildman–Crippen LogP) is 3.15. The van der Waals surface area contributed by atoms with Crippen LogP contribution >= 0.6 is 0 Å². The molecule has 0 aliphatic carbocycles. The average Bonchev–Trinajstić information content (AvgIpc) is 2.55. The zero-order valence-corrected chi connectivity index (χ0v) is 13.3. The molecule has 0 atom stereocenters. The fraction of sp³-hybridized carbons (Fsp3) is 0.444. The molecule has 1 aliphatic heterocycles. The summed E-state index contributed by atoms with van der Waals surface area (Å²) < 4.78 is 18.9. The van der Waals surface area contributed by atoms with Crippen LogP contribution in [0.25, 0.3) is 10.9 Å². The van der Waals surface area contributed by atoms with E-state index in [1.165, 1.54) is 6.07 Å². The van der Waals surface area contributed by atoms with E-state index in [0.29, 0.717) is 13.2 Å². The summed E-state index contributed by atoms with van der Waals surface area (Å²) in [6.45, 7) is 4.54. The van der Waals surface area contributed by atoms with Crippen LogP contribution in [0.2, 0.25) is 0 Å². The number of halogens is 1. The van der Waals surface area contributed by atoms with Crippen LogP contribution in [0, 0.1) is 11.7 Å². The van der Waals surface area contributed by atoms with Gasteiger partial charge in [0.25, 0.3) is 0 Å². The highest BCUT2D eigenvalue weighted by molar-refractivity contribution is 5.81. The Morgan fingerprint density at radius 2 is 2.17 bits per heavy atom. The zero-order valence-electron chi connectivity index (χ0n) is 13.3.